The molecule has 0 bridgehead atoms. The number of hydrogen-bond acceptors (Lipinski definition) is 6. The number of carbonyl (C=O) groups excluding carboxylic acids is 1. The number of ether oxygens (including phenoxy) is 1. The number of hydrogen-bond donors (Lipinski definition) is 1. The molecule has 1 unspecified atom stereocenters. The monoisotopic (exact) mass is 476 g/mol. The smallest absolute Gasteiger partial charge is 0.425 e. The highest BCUT2D eigenvalue weighted by molar-refractivity contribution is 7.89. The first kappa shape index (κ1) is 24.0. The van der Waals surface area contributed by atoms with Crippen LogP contribution in [-0.4, -0.2) is 77.7 Å². The maximum atomic E-state index is 13.7. The van der Waals surface area contributed by atoms with Crippen LogP contribution in [0.2, 0.25) is 0 Å². The number of carbonyl (C=O) groups is 1. The Morgan fingerprint density at radius 3 is 2.22 bits per heavy atom. The van der Waals surface area contributed by atoms with Gasteiger partial charge in [0.15, 0.2) is 5.82 Å². The van der Waals surface area contributed by atoms with E-state index in [1.54, 1.807) is 0 Å². The fourth-order valence-electron chi connectivity index (χ4n) is 3.48. The van der Waals surface area contributed by atoms with Crippen LogP contribution in [-0.2, 0) is 27.5 Å². The first-order valence-electron chi connectivity index (χ1n) is 9.59. The molecule has 13 heteroatoms. The highest BCUT2D eigenvalue weighted by atomic mass is 32.2. The van der Waals surface area contributed by atoms with Crippen molar-refractivity contribution in [1.82, 2.24) is 18.8 Å². The van der Waals surface area contributed by atoms with Gasteiger partial charge in [-0.1, -0.05) is 0 Å². The molecule has 1 aliphatic rings. The Kier molecular flexibility index (Phi) is 6.54. The quantitative estimate of drug-likeness (QED) is 0.670. The summed E-state index contributed by atoms with van der Waals surface area (Å²) >= 11 is 0. The van der Waals surface area contributed by atoms with E-state index in [4.69, 9.17) is 4.74 Å². The molecule has 32 heavy (non-hydrogen) atoms. The van der Waals surface area contributed by atoms with Gasteiger partial charge in [0.25, 0.3) is 0 Å². The fourth-order valence-corrected chi connectivity index (χ4v) is 4.90. The lowest BCUT2D eigenvalue weighted by atomic mass is 9.96. The van der Waals surface area contributed by atoms with E-state index in [1.807, 2.05) is 0 Å². The number of nitrogens with zero attached hydrogens (tertiary/aromatic N) is 4. The molecule has 1 aliphatic heterocycles. The van der Waals surface area contributed by atoms with Crippen LogP contribution in [0.5, 0.6) is 5.75 Å². The molecule has 1 N–H and O–H groups in total. The topological polar surface area (TPSA) is 105 Å². The third-order valence-corrected chi connectivity index (χ3v) is 7.27. The SMILES string of the molecule is COc1ccc(S(=O)(=O)N2CCN(C(=O)CC(O)(c3nccn3C)C(F)(F)F)CC2)cc1. The Hall–Kier alpha value is -2.64. The molecule has 0 radical (unpaired) electrons. The van der Waals surface area contributed by atoms with Gasteiger partial charge in [0.2, 0.25) is 21.5 Å². The van der Waals surface area contributed by atoms with Gasteiger partial charge in [-0.3, -0.25) is 4.79 Å². The summed E-state index contributed by atoms with van der Waals surface area (Å²) in [6.07, 6.45) is -4.06. The number of alkyl halides is 3. The number of aliphatic hydroxyl groups is 1. The van der Waals surface area contributed by atoms with E-state index in [0.717, 1.165) is 20.0 Å². The van der Waals surface area contributed by atoms with Gasteiger partial charge >= 0.3 is 6.18 Å². The fraction of sp³-hybridized carbons (Fsp3) is 0.474. The highest BCUT2D eigenvalue weighted by Crippen LogP contribution is 2.41. The van der Waals surface area contributed by atoms with Crippen molar-refractivity contribution in [3.8, 4) is 5.75 Å². The van der Waals surface area contributed by atoms with Gasteiger partial charge in [0.05, 0.1) is 18.4 Å². The van der Waals surface area contributed by atoms with Crippen LogP contribution in [0.25, 0.3) is 0 Å². The van der Waals surface area contributed by atoms with Crippen LogP contribution >= 0.6 is 0 Å². The molecule has 2 aromatic rings. The van der Waals surface area contributed by atoms with Gasteiger partial charge in [-0.05, 0) is 24.3 Å². The second-order valence-corrected chi connectivity index (χ2v) is 9.29. The summed E-state index contributed by atoms with van der Waals surface area (Å²) in [6, 6.07) is 5.79. The number of imidazole rings is 1. The molecular formula is C19H23F3N4O5S. The van der Waals surface area contributed by atoms with Crippen molar-refractivity contribution in [3.05, 3.63) is 42.5 Å². The number of rotatable bonds is 6. The minimum atomic E-state index is -5.14. The normalized spacial score (nSPS) is 17.8. The summed E-state index contributed by atoms with van der Waals surface area (Å²) in [5.41, 5.74) is -3.46. The summed E-state index contributed by atoms with van der Waals surface area (Å²) in [4.78, 5) is 17.3. The minimum Gasteiger partial charge on any atom is -0.497 e. The van der Waals surface area contributed by atoms with E-state index in [2.05, 4.69) is 4.98 Å². The van der Waals surface area contributed by atoms with E-state index in [-0.39, 0.29) is 31.1 Å². The highest BCUT2D eigenvalue weighted by Gasteiger charge is 2.59. The van der Waals surface area contributed by atoms with Crippen LogP contribution in [0.3, 0.4) is 0 Å². The van der Waals surface area contributed by atoms with Gasteiger partial charge < -0.3 is 19.3 Å². The number of piperazine rings is 1. The summed E-state index contributed by atoms with van der Waals surface area (Å²) in [6.45, 7) is -0.397. The average Bonchev–Trinajstić information content (AvgIpc) is 3.19. The predicted molar refractivity (Wildman–Crippen MR) is 106 cm³/mol. The average molecular weight is 476 g/mol. The number of halogens is 3. The number of sulfonamides is 1. The maximum absolute atomic E-state index is 13.7. The van der Waals surface area contributed by atoms with Gasteiger partial charge in [0, 0.05) is 45.6 Å². The number of benzene rings is 1. The van der Waals surface area contributed by atoms with E-state index < -0.39 is 40.0 Å². The summed E-state index contributed by atoms with van der Waals surface area (Å²) in [7, 11) is -1.10. The standard InChI is InChI=1S/C19H23F3N4O5S/c1-24-8-7-23-17(24)18(28,19(20,21)22)13-16(27)25-9-11-26(12-10-25)32(29,30)15-5-3-14(31-2)4-6-15/h3-8,28H,9-13H2,1-2H3. The van der Waals surface area contributed by atoms with Crippen molar-refractivity contribution in [2.45, 2.75) is 23.1 Å². The summed E-state index contributed by atoms with van der Waals surface area (Å²) in [5.74, 6) is -1.15. The first-order chi connectivity index (χ1) is 14.9. The lowest BCUT2D eigenvalue weighted by molar-refractivity contribution is -0.272. The molecule has 0 saturated carbocycles. The zero-order chi connectivity index (χ0) is 23.7. The molecule has 0 spiro atoms. The molecule has 1 fully saturated rings. The maximum Gasteiger partial charge on any atom is 0.425 e. The Morgan fingerprint density at radius 2 is 1.75 bits per heavy atom. The lowest BCUT2D eigenvalue weighted by Crippen LogP contribution is -2.53. The molecule has 1 amide bonds. The first-order valence-corrected chi connectivity index (χ1v) is 11.0. The number of aromatic nitrogens is 2. The third kappa shape index (κ3) is 4.45. The lowest BCUT2D eigenvalue weighted by Gasteiger charge is -2.36. The largest absolute Gasteiger partial charge is 0.497 e. The molecule has 9 nitrogen and oxygen atoms in total. The Balaban J connectivity index is 1.70. The second kappa shape index (κ2) is 8.71. The van der Waals surface area contributed by atoms with Crippen LogP contribution < -0.4 is 4.74 Å². The van der Waals surface area contributed by atoms with E-state index in [1.165, 1.54) is 44.6 Å². The van der Waals surface area contributed by atoms with Crippen molar-refractivity contribution >= 4 is 15.9 Å². The third-order valence-electron chi connectivity index (χ3n) is 5.36. The Morgan fingerprint density at radius 1 is 1.16 bits per heavy atom. The molecular weight excluding hydrogens is 453 g/mol. The zero-order valence-electron chi connectivity index (χ0n) is 17.4. The van der Waals surface area contributed by atoms with E-state index >= 15 is 0 Å². The van der Waals surface area contributed by atoms with E-state index in [9.17, 15) is 31.5 Å². The van der Waals surface area contributed by atoms with Crippen molar-refractivity contribution in [1.29, 1.82) is 0 Å². The Labute approximate surface area is 183 Å². The van der Waals surface area contributed by atoms with Crippen LogP contribution in [0.1, 0.15) is 12.2 Å². The molecule has 1 saturated heterocycles. The molecule has 3 rings (SSSR count). The minimum absolute atomic E-state index is 0.0410. The van der Waals surface area contributed by atoms with Gasteiger partial charge in [-0.2, -0.15) is 17.5 Å². The summed E-state index contributed by atoms with van der Waals surface area (Å²) < 4.78 is 73.8. The van der Waals surface area contributed by atoms with E-state index in [0.29, 0.717) is 5.75 Å². The van der Waals surface area contributed by atoms with Crippen LogP contribution in [0, 0.1) is 0 Å². The van der Waals surface area contributed by atoms with Crippen molar-refractivity contribution in [2.75, 3.05) is 33.3 Å². The molecule has 2 heterocycles. The van der Waals surface area contributed by atoms with Crippen molar-refractivity contribution < 1.29 is 36.2 Å². The Bertz CT molecular complexity index is 1060. The predicted octanol–water partition coefficient (Wildman–Crippen LogP) is 1.10. The molecule has 1 atom stereocenters. The number of methoxy groups -OCH3 is 1. The van der Waals surface area contributed by atoms with Crippen LogP contribution in [0.15, 0.2) is 41.6 Å². The van der Waals surface area contributed by atoms with Crippen molar-refractivity contribution in [2.24, 2.45) is 7.05 Å². The number of amides is 1. The molecule has 176 valence electrons. The molecule has 0 aliphatic carbocycles. The zero-order valence-corrected chi connectivity index (χ0v) is 18.2. The van der Waals surface area contributed by atoms with Crippen LogP contribution in [0.4, 0.5) is 13.2 Å². The second-order valence-electron chi connectivity index (χ2n) is 7.36. The molecule has 1 aromatic carbocycles. The number of aryl methyl sites for hydroxylation is 1. The van der Waals surface area contributed by atoms with Gasteiger partial charge in [-0.25, -0.2) is 13.4 Å². The van der Waals surface area contributed by atoms with Gasteiger partial charge in [0.1, 0.15) is 5.75 Å². The molecule has 1 aromatic heterocycles. The summed E-state index contributed by atoms with van der Waals surface area (Å²) in [5, 5.41) is 10.4. The van der Waals surface area contributed by atoms with Gasteiger partial charge in [-0.15, -0.1) is 0 Å². The van der Waals surface area contributed by atoms with Crippen molar-refractivity contribution in [3.63, 3.8) is 0 Å².